The van der Waals surface area contributed by atoms with E-state index in [1.807, 2.05) is 6.92 Å². The molecule has 1 fully saturated rings. The van der Waals surface area contributed by atoms with E-state index in [2.05, 4.69) is 5.32 Å². The molecule has 90 valence electrons. The minimum absolute atomic E-state index is 0.156. The second-order valence-electron chi connectivity index (χ2n) is 3.76. The van der Waals surface area contributed by atoms with E-state index in [0.717, 1.165) is 11.3 Å². The first-order valence-corrected chi connectivity index (χ1v) is 6.12. The van der Waals surface area contributed by atoms with E-state index in [4.69, 9.17) is 0 Å². The Morgan fingerprint density at radius 1 is 1.53 bits per heavy atom. The lowest BCUT2D eigenvalue weighted by atomic mass is 10.1. The second kappa shape index (κ2) is 4.67. The quantitative estimate of drug-likeness (QED) is 0.638. The number of carbonyl (C=O) groups excluding carboxylic acids is 3. The van der Waals surface area contributed by atoms with Gasteiger partial charge >= 0.3 is 0 Å². The lowest BCUT2D eigenvalue weighted by Gasteiger charge is -2.33. The fourth-order valence-electron chi connectivity index (χ4n) is 1.86. The van der Waals surface area contributed by atoms with Gasteiger partial charge in [0, 0.05) is 0 Å². The summed E-state index contributed by atoms with van der Waals surface area (Å²) >= 11 is 1.29. The van der Waals surface area contributed by atoms with E-state index in [0.29, 0.717) is 11.3 Å². The highest BCUT2D eigenvalue weighted by Crippen LogP contribution is 2.28. The van der Waals surface area contributed by atoms with Gasteiger partial charge in [0.05, 0.1) is 16.4 Å². The summed E-state index contributed by atoms with van der Waals surface area (Å²) in [6.07, 6.45) is 1.38. The van der Waals surface area contributed by atoms with Crippen LogP contribution in [0.5, 0.6) is 0 Å². The lowest BCUT2D eigenvalue weighted by Crippen LogP contribution is -2.57. The van der Waals surface area contributed by atoms with Crippen LogP contribution >= 0.6 is 11.3 Å². The number of hydrogen-bond donors (Lipinski definition) is 1. The van der Waals surface area contributed by atoms with Gasteiger partial charge in [0.25, 0.3) is 0 Å². The maximum Gasteiger partial charge on any atom is 0.249 e. The molecule has 1 aliphatic heterocycles. The average molecular weight is 252 g/mol. The van der Waals surface area contributed by atoms with Crippen molar-refractivity contribution in [3.8, 4) is 0 Å². The molecule has 2 amide bonds. The van der Waals surface area contributed by atoms with Gasteiger partial charge in [-0.15, -0.1) is 11.3 Å². The summed E-state index contributed by atoms with van der Waals surface area (Å²) in [5.41, 5.74) is 0. The molecule has 0 saturated carbocycles. The summed E-state index contributed by atoms with van der Waals surface area (Å²) in [4.78, 5) is 36.0. The molecular formula is C11H12N2O3S. The highest BCUT2D eigenvalue weighted by molar-refractivity contribution is 7.17. The molecule has 0 aliphatic carbocycles. The van der Waals surface area contributed by atoms with Crippen molar-refractivity contribution in [2.75, 3.05) is 11.4 Å². The van der Waals surface area contributed by atoms with E-state index in [9.17, 15) is 14.4 Å². The zero-order valence-corrected chi connectivity index (χ0v) is 10.1. The summed E-state index contributed by atoms with van der Waals surface area (Å²) in [7, 11) is 0. The molecular weight excluding hydrogens is 240 g/mol. The third-order valence-electron chi connectivity index (χ3n) is 2.65. The summed E-state index contributed by atoms with van der Waals surface area (Å²) in [6, 6.07) is 3.12. The van der Waals surface area contributed by atoms with E-state index in [-0.39, 0.29) is 24.4 Å². The van der Waals surface area contributed by atoms with Gasteiger partial charge < -0.3 is 4.90 Å². The van der Waals surface area contributed by atoms with Crippen LogP contribution in [-0.4, -0.2) is 30.7 Å². The Balaban J connectivity index is 2.30. The Kier molecular flexibility index (Phi) is 3.23. The molecule has 17 heavy (non-hydrogen) atoms. The van der Waals surface area contributed by atoms with Crippen molar-refractivity contribution in [3.63, 3.8) is 0 Å². The Labute approximate surface area is 102 Å². The first-order chi connectivity index (χ1) is 8.15. The fourth-order valence-corrected chi connectivity index (χ4v) is 2.73. The Morgan fingerprint density at radius 2 is 2.29 bits per heavy atom. The van der Waals surface area contributed by atoms with Crippen LogP contribution in [0, 0.1) is 0 Å². The van der Waals surface area contributed by atoms with Crippen LogP contribution in [0.2, 0.25) is 0 Å². The van der Waals surface area contributed by atoms with E-state index in [1.54, 1.807) is 17.0 Å². The molecule has 2 rings (SSSR count). The van der Waals surface area contributed by atoms with Gasteiger partial charge in [-0.05, 0) is 18.6 Å². The molecule has 1 N–H and O–H groups in total. The summed E-state index contributed by atoms with van der Waals surface area (Å²) in [5.74, 6) is -0.578. The molecule has 2 heterocycles. The standard InChI is InChI=1S/C11H12N2O3S/c1-2-8-11(16)12-9(15)5-13(8)10-4-3-7(6-14)17-10/h3-4,6,8H,2,5H2,1H3,(H,12,15,16). The number of anilines is 1. The van der Waals surface area contributed by atoms with Crippen molar-refractivity contribution in [1.82, 2.24) is 5.32 Å². The highest BCUT2D eigenvalue weighted by atomic mass is 32.1. The van der Waals surface area contributed by atoms with Gasteiger partial charge in [-0.2, -0.15) is 0 Å². The molecule has 0 radical (unpaired) electrons. The molecule has 1 atom stereocenters. The largest absolute Gasteiger partial charge is 0.342 e. The molecule has 6 heteroatoms. The Morgan fingerprint density at radius 3 is 2.88 bits per heavy atom. The number of amides is 2. The van der Waals surface area contributed by atoms with Gasteiger partial charge in [-0.1, -0.05) is 6.92 Å². The molecule has 0 bridgehead atoms. The van der Waals surface area contributed by atoms with Crippen LogP contribution in [0.1, 0.15) is 23.0 Å². The molecule has 0 spiro atoms. The number of hydrogen-bond acceptors (Lipinski definition) is 5. The number of rotatable bonds is 3. The predicted octanol–water partition coefficient (Wildman–Crippen LogP) is 0.802. The van der Waals surface area contributed by atoms with Crippen LogP contribution in [0.3, 0.4) is 0 Å². The van der Waals surface area contributed by atoms with Crippen molar-refractivity contribution < 1.29 is 14.4 Å². The van der Waals surface area contributed by atoms with Crippen LogP contribution in [0.4, 0.5) is 5.00 Å². The molecule has 0 aromatic carbocycles. The maximum absolute atomic E-state index is 11.7. The van der Waals surface area contributed by atoms with E-state index < -0.39 is 0 Å². The Hall–Kier alpha value is -1.69. The summed E-state index contributed by atoms with van der Waals surface area (Å²) in [5, 5.41) is 3.10. The zero-order chi connectivity index (χ0) is 12.4. The van der Waals surface area contributed by atoms with Gasteiger partial charge in [-0.25, -0.2) is 0 Å². The normalized spacial score (nSPS) is 20.3. The Bertz CT molecular complexity index is 469. The zero-order valence-electron chi connectivity index (χ0n) is 9.30. The van der Waals surface area contributed by atoms with Gasteiger partial charge in [0.15, 0.2) is 6.29 Å². The van der Waals surface area contributed by atoms with E-state index >= 15 is 0 Å². The summed E-state index contributed by atoms with van der Waals surface area (Å²) in [6.45, 7) is 2.05. The molecule has 1 aliphatic rings. The number of carbonyl (C=O) groups is 3. The smallest absolute Gasteiger partial charge is 0.249 e. The van der Waals surface area contributed by atoms with Crippen molar-refractivity contribution in [3.05, 3.63) is 17.0 Å². The van der Waals surface area contributed by atoms with Crippen LogP contribution < -0.4 is 10.2 Å². The van der Waals surface area contributed by atoms with Crippen molar-refractivity contribution in [2.45, 2.75) is 19.4 Å². The van der Waals surface area contributed by atoms with Crippen LogP contribution in [0.15, 0.2) is 12.1 Å². The third kappa shape index (κ3) is 2.21. The topological polar surface area (TPSA) is 66.5 Å². The van der Waals surface area contributed by atoms with Crippen molar-refractivity contribution >= 4 is 34.4 Å². The first kappa shape index (κ1) is 11.8. The highest BCUT2D eigenvalue weighted by Gasteiger charge is 2.33. The maximum atomic E-state index is 11.7. The lowest BCUT2D eigenvalue weighted by molar-refractivity contribution is -0.132. The molecule has 1 saturated heterocycles. The predicted molar refractivity (Wildman–Crippen MR) is 64.3 cm³/mol. The SMILES string of the molecule is CCC1C(=O)NC(=O)CN1c1ccc(C=O)s1. The number of piperazine rings is 1. The number of imide groups is 1. The van der Waals surface area contributed by atoms with E-state index in [1.165, 1.54) is 11.3 Å². The fraction of sp³-hybridized carbons (Fsp3) is 0.364. The first-order valence-electron chi connectivity index (χ1n) is 5.31. The monoisotopic (exact) mass is 252 g/mol. The number of thiophene rings is 1. The third-order valence-corrected chi connectivity index (χ3v) is 3.70. The van der Waals surface area contributed by atoms with Crippen LogP contribution in [-0.2, 0) is 9.59 Å². The van der Waals surface area contributed by atoms with Crippen LogP contribution in [0.25, 0.3) is 0 Å². The molecule has 1 unspecified atom stereocenters. The summed E-state index contributed by atoms with van der Waals surface area (Å²) < 4.78 is 0. The van der Waals surface area contributed by atoms with Crippen molar-refractivity contribution in [2.24, 2.45) is 0 Å². The second-order valence-corrected chi connectivity index (χ2v) is 4.85. The van der Waals surface area contributed by atoms with Gasteiger partial charge in [0.2, 0.25) is 11.8 Å². The van der Waals surface area contributed by atoms with Gasteiger partial charge in [0.1, 0.15) is 6.04 Å². The molecule has 5 nitrogen and oxygen atoms in total. The molecule has 1 aromatic rings. The number of nitrogens with one attached hydrogen (secondary N) is 1. The minimum atomic E-state index is -0.342. The van der Waals surface area contributed by atoms with Crippen molar-refractivity contribution in [1.29, 1.82) is 0 Å². The number of nitrogens with zero attached hydrogens (tertiary/aromatic N) is 1. The average Bonchev–Trinajstić information content (AvgIpc) is 2.76. The molecule has 1 aromatic heterocycles. The van der Waals surface area contributed by atoms with Gasteiger partial charge in [-0.3, -0.25) is 19.7 Å². The number of aldehydes is 1. The minimum Gasteiger partial charge on any atom is -0.342 e.